The van der Waals surface area contributed by atoms with Crippen molar-refractivity contribution in [1.29, 1.82) is 0 Å². The van der Waals surface area contributed by atoms with Crippen LogP contribution in [0.2, 0.25) is 0 Å². The minimum atomic E-state index is 0.294. The molecular weight excluding hydrogens is 370 g/mol. The van der Waals surface area contributed by atoms with Crippen LogP contribution in [0.5, 0.6) is 0 Å². The molecule has 2 aliphatic heterocycles. The molecule has 158 valence electrons. The third-order valence-electron chi connectivity index (χ3n) is 5.75. The van der Waals surface area contributed by atoms with E-state index in [0.29, 0.717) is 17.9 Å². The van der Waals surface area contributed by atoms with Gasteiger partial charge in [0.1, 0.15) is 5.82 Å². The van der Waals surface area contributed by atoms with Crippen molar-refractivity contribution in [3.8, 4) is 0 Å². The second-order valence-electron chi connectivity index (χ2n) is 8.13. The summed E-state index contributed by atoms with van der Waals surface area (Å²) >= 11 is 0. The molecule has 0 atom stereocenters. The molecule has 2 aromatic heterocycles. The molecule has 0 N–H and O–H groups in total. The van der Waals surface area contributed by atoms with Gasteiger partial charge in [0.25, 0.3) is 0 Å². The Balaban J connectivity index is 1.32. The van der Waals surface area contributed by atoms with E-state index in [9.17, 15) is 0 Å². The lowest BCUT2D eigenvalue weighted by Gasteiger charge is -2.37. The third-order valence-corrected chi connectivity index (χ3v) is 5.75. The Morgan fingerprint density at radius 2 is 1.90 bits per heavy atom. The van der Waals surface area contributed by atoms with Crippen molar-refractivity contribution < 1.29 is 9.26 Å². The van der Waals surface area contributed by atoms with Gasteiger partial charge in [0.15, 0.2) is 5.82 Å². The van der Waals surface area contributed by atoms with E-state index in [-0.39, 0.29) is 0 Å². The van der Waals surface area contributed by atoms with Crippen molar-refractivity contribution in [1.82, 2.24) is 25.0 Å². The maximum atomic E-state index is 5.43. The summed E-state index contributed by atoms with van der Waals surface area (Å²) in [5, 5.41) is 4.06. The number of anilines is 2. The fourth-order valence-corrected chi connectivity index (χ4v) is 3.86. The van der Waals surface area contributed by atoms with Crippen LogP contribution in [-0.4, -0.2) is 77.5 Å². The lowest BCUT2D eigenvalue weighted by molar-refractivity contribution is 0.122. The van der Waals surface area contributed by atoms with E-state index in [1.165, 1.54) is 0 Å². The summed E-state index contributed by atoms with van der Waals surface area (Å²) in [7, 11) is 2.14. The highest BCUT2D eigenvalue weighted by molar-refractivity contribution is 5.44. The molecular formula is C20H31N7O2. The monoisotopic (exact) mass is 401 g/mol. The molecule has 2 fully saturated rings. The van der Waals surface area contributed by atoms with Crippen LogP contribution in [0.15, 0.2) is 16.8 Å². The normalized spacial score (nSPS) is 19.1. The molecule has 0 bridgehead atoms. The summed E-state index contributed by atoms with van der Waals surface area (Å²) in [6.07, 6.45) is 4.03. The molecule has 29 heavy (non-hydrogen) atoms. The number of likely N-dealkylation sites (tertiary alicyclic amines) is 1. The van der Waals surface area contributed by atoms with Crippen molar-refractivity contribution in [3.05, 3.63) is 24.0 Å². The smallest absolute Gasteiger partial charge is 0.240 e. The summed E-state index contributed by atoms with van der Waals surface area (Å²) < 4.78 is 10.8. The first-order valence-electron chi connectivity index (χ1n) is 10.5. The quantitative estimate of drug-likeness (QED) is 0.721. The van der Waals surface area contributed by atoms with Gasteiger partial charge in [-0.2, -0.15) is 9.97 Å². The molecule has 4 heterocycles. The van der Waals surface area contributed by atoms with Gasteiger partial charge < -0.3 is 19.1 Å². The highest BCUT2D eigenvalue weighted by Gasteiger charge is 2.25. The van der Waals surface area contributed by atoms with Gasteiger partial charge in [-0.25, -0.2) is 4.98 Å². The maximum absolute atomic E-state index is 5.43. The highest BCUT2D eigenvalue weighted by atomic mass is 16.5. The van der Waals surface area contributed by atoms with Gasteiger partial charge in [0.2, 0.25) is 11.8 Å². The molecule has 2 saturated heterocycles. The van der Waals surface area contributed by atoms with Crippen LogP contribution in [0, 0.1) is 0 Å². The number of ether oxygens (including phenoxy) is 1. The van der Waals surface area contributed by atoms with Crippen molar-refractivity contribution in [2.24, 2.45) is 0 Å². The molecule has 0 amide bonds. The van der Waals surface area contributed by atoms with Crippen LogP contribution >= 0.6 is 0 Å². The summed E-state index contributed by atoms with van der Waals surface area (Å²) in [6, 6.07) is 2.47. The first-order valence-corrected chi connectivity index (χ1v) is 10.5. The lowest BCUT2D eigenvalue weighted by atomic mass is 10.0. The van der Waals surface area contributed by atoms with E-state index in [4.69, 9.17) is 14.2 Å². The predicted molar refractivity (Wildman–Crippen MR) is 110 cm³/mol. The number of nitrogens with zero attached hydrogens (tertiary/aromatic N) is 7. The van der Waals surface area contributed by atoms with E-state index in [0.717, 1.165) is 76.4 Å². The molecule has 2 aliphatic rings. The Morgan fingerprint density at radius 3 is 2.59 bits per heavy atom. The standard InChI is InChI=1S/C20H31N7O2/c1-15(2)19-23-18(29-24-19)14-26-8-5-16(6-9-26)25(3)17-4-7-21-20(22-17)27-10-12-28-13-11-27/h4,7,15-16H,5-6,8-14H2,1-3H3. The molecule has 0 saturated carbocycles. The first kappa shape index (κ1) is 20.0. The summed E-state index contributed by atoms with van der Waals surface area (Å²) in [5.74, 6) is 3.58. The SMILES string of the molecule is CC(C)c1noc(CN2CCC(N(C)c3ccnc(N4CCOCC4)n3)CC2)n1. The van der Waals surface area contributed by atoms with Gasteiger partial charge in [-0.1, -0.05) is 19.0 Å². The fraction of sp³-hybridized carbons (Fsp3) is 0.700. The average molecular weight is 402 g/mol. The molecule has 0 radical (unpaired) electrons. The van der Waals surface area contributed by atoms with Gasteiger partial charge in [-0.3, -0.25) is 4.90 Å². The summed E-state index contributed by atoms with van der Waals surface area (Å²) in [6.45, 7) is 10.1. The number of hydrogen-bond acceptors (Lipinski definition) is 9. The molecule has 9 heteroatoms. The van der Waals surface area contributed by atoms with Crippen LogP contribution in [0.25, 0.3) is 0 Å². The van der Waals surface area contributed by atoms with Crippen LogP contribution in [0.4, 0.5) is 11.8 Å². The number of morpholine rings is 1. The number of hydrogen-bond donors (Lipinski definition) is 0. The van der Waals surface area contributed by atoms with Gasteiger partial charge >= 0.3 is 0 Å². The highest BCUT2D eigenvalue weighted by Crippen LogP contribution is 2.23. The molecule has 0 aromatic carbocycles. The van der Waals surface area contributed by atoms with Gasteiger partial charge in [-0.15, -0.1) is 0 Å². The Labute approximate surface area is 172 Å². The van der Waals surface area contributed by atoms with Crippen LogP contribution < -0.4 is 9.80 Å². The topological polar surface area (TPSA) is 83.7 Å². The Morgan fingerprint density at radius 1 is 1.14 bits per heavy atom. The third kappa shape index (κ3) is 4.84. The molecule has 4 rings (SSSR count). The first-order chi connectivity index (χ1) is 14.1. The number of rotatable bonds is 6. The minimum absolute atomic E-state index is 0.294. The molecule has 9 nitrogen and oxygen atoms in total. The second-order valence-corrected chi connectivity index (χ2v) is 8.13. The number of piperidine rings is 1. The van der Waals surface area contributed by atoms with Gasteiger partial charge in [-0.05, 0) is 18.9 Å². The molecule has 0 aliphatic carbocycles. The fourth-order valence-electron chi connectivity index (χ4n) is 3.86. The largest absolute Gasteiger partial charge is 0.378 e. The zero-order valence-corrected chi connectivity index (χ0v) is 17.6. The maximum Gasteiger partial charge on any atom is 0.240 e. The second kappa shape index (κ2) is 9.04. The average Bonchev–Trinajstić information content (AvgIpc) is 3.23. The zero-order valence-electron chi connectivity index (χ0n) is 17.6. The minimum Gasteiger partial charge on any atom is -0.378 e. The van der Waals surface area contributed by atoms with Gasteiger partial charge in [0, 0.05) is 51.4 Å². The van der Waals surface area contributed by atoms with Crippen LogP contribution in [-0.2, 0) is 11.3 Å². The van der Waals surface area contributed by atoms with E-state index in [2.05, 4.69) is 50.7 Å². The van der Waals surface area contributed by atoms with Crippen molar-refractivity contribution in [3.63, 3.8) is 0 Å². The summed E-state index contributed by atoms with van der Waals surface area (Å²) in [5.41, 5.74) is 0. The van der Waals surface area contributed by atoms with E-state index in [1.807, 2.05) is 12.3 Å². The molecule has 2 aromatic rings. The van der Waals surface area contributed by atoms with Crippen molar-refractivity contribution >= 4 is 11.8 Å². The zero-order chi connectivity index (χ0) is 20.2. The Kier molecular flexibility index (Phi) is 6.25. The Hall–Kier alpha value is -2.26. The predicted octanol–water partition coefficient (Wildman–Crippen LogP) is 1.92. The lowest BCUT2D eigenvalue weighted by Crippen LogP contribution is -2.43. The van der Waals surface area contributed by atoms with Crippen LogP contribution in [0.3, 0.4) is 0 Å². The van der Waals surface area contributed by atoms with Crippen LogP contribution in [0.1, 0.15) is 44.3 Å². The molecule has 0 spiro atoms. The van der Waals surface area contributed by atoms with Crippen molar-refractivity contribution in [2.45, 2.75) is 45.2 Å². The number of aromatic nitrogens is 4. The summed E-state index contributed by atoms with van der Waals surface area (Å²) in [4.78, 5) is 20.7. The molecule has 0 unspecified atom stereocenters. The Bertz CT molecular complexity index is 783. The van der Waals surface area contributed by atoms with E-state index >= 15 is 0 Å². The van der Waals surface area contributed by atoms with Crippen molar-refractivity contribution in [2.75, 3.05) is 56.2 Å². The van der Waals surface area contributed by atoms with E-state index < -0.39 is 0 Å². The van der Waals surface area contributed by atoms with Gasteiger partial charge in [0.05, 0.1) is 19.8 Å². The van der Waals surface area contributed by atoms with E-state index in [1.54, 1.807) is 0 Å².